The van der Waals surface area contributed by atoms with Gasteiger partial charge >= 0.3 is 11.9 Å². The zero-order valence-electron chi connectivity index (χ0n) is 47.7. The van der Waals surface area contributed by atoms with Gasteiger partial charge in [0.2, 0.25) is 35.4 Å². The van der Waals surface area contributed by atoms with Crippen LogP contribution in [0.1, 0.15) is 89.2 Å². The molecule has 4 heterocycles. The Hall–Kier alpha value is -8.57. The number of aromatic nitrogens is 3. The molecule has 81 heavy (non-hydrogen) atoms. The number of fused-ring (bicyclic) bond motifs is 6. The number of ether oxygens (including phenoxy) is 2. The number of nitrogens with one attached hydrogen (secondary N) is 4. The van der Waals surface area contributed by atoms with Crippen LogP contribution in [0.25, 0.3) is 21.9 Å². The third-order valence-electron chi connectivity index (χ3n) is 15.3. The first kappa shape index (κ1) is 61.6. The SMILES string of the molecule is CC1NC(=O)C(NC(=O)c2cnc3ccccc3n2)COC(=O)C(C(C)C(C)C)N(C)C(=O)[C@@H]2C/C=C\C[C@@H](C(=O)N(C)C(C(C)C(C)C)C(=O)OCC(NC(=O)c3nc4ccccc4cc3O)C(=O)NC(C)C(=O)N2C)N(C)C1=O. The van der Waals surface area contributed by atoms with Gasteiger partial charge in [0.15, 0.2) is 5.69 Å². The average Bonchev–Trinajstić information content (AvgIpc) is 3.45. The second kappa shape index (κ2) is 26.6. The number of benzene rings is 2. The van der Waals surface area contributed by atoms with E-state index in [0.717, 1.165) is 19.6 Å². The minimum Gasteiger partial charge on any atom is -0.505 e. The summed E-state index contributed by atoms with van der Waals surface area (Å²) in [5, 5.41) is 21.6. The number of hydrogen-bond donors (Lipinski definition) is 5. The van der Waals surface area contributed by atoms with Gasteiger partial charge < -0.3 is 55.4 Å². The van der Waals surface area contributed by atoms with E-state index in [-0.39, 0.29) is 30.4 Å². The molecule has 2 aromatic heterocycles. The van der Waals surface area contributed by atoms with Crippen LogP contribution in [0.5, 0.6) is 5.75 Å². The van der Waals surface area contributed by atoms with E-state index in [1.165, 1.54) is 66.5 Å². The van der Waals surface area contributed by atoms with Crippen LogP contribution in [-0.2, 0) is 47.8 Å². The third kappa shape index (κ3) is 14.3. The van der Waals surface area contributed by atoms with Crippen molar-refractivity contribution in [3.8, 4) is 5.75 Å². The summed E-state index contributed by atoms with van der Waals surface area (Å²) in [5.74, 6) is -11.4. The zero-order chi connectivity index (χ0) is 59.7. The molecule has 2 aliphatic rings. The van der Waals surface area contributed by atoms with Gasteiger partial charge in [0.1, 0.15) is 73.0 Å². The number of carbonyl (C=O) groups excluding carboxylic acids is 10. The van der Waals surface area contributed by atoms with E-state index in [1.54, 1.807) is 62.4 Å². The molecule has 10 atom stereocenters. The Morgan fingerprint density at radius 2 is 1.02 bits per heavy atom. The molecule has 0 fully saturated rings. The maximum absolute atomic E-state index is 15.1. The van der Waals surface area contributed by atoms with Gasteiger partial charge in [-0.15, -0.1) is 0 Å². The number of carbonyl (C=O) groups is 10. The highest BCUT2D eigenvalue weighted by atomic mass is 16.5. The van der Waals surface area contributed by atoms with E-state index in [9.17, 15) is 43.5 Å². The standard InChI is InChI=1S/C57H73N11O13/c1-29(2)31(5)46-56(78)80-27-40(63-48(70)39-26-58-37-21-15-16-22-38(37)61-39)49(71)59-33(7)52(74)65(9)42-23-17-18-24-43(54(76)67(46)11)66(10)53(75)34(8)60-50(72)41(28-81-57(79)47(32(6)30(3)4)68(12)55(42)77)64-51(73)45-44(69)25-35-19-13-14-20-36(35)62-45/h13-22,25-26,29-34,40-43,46-47,69H,23-24,27-28H2,1-12H3,(H,59,71)(H,60,72)(H,63,70)(H,64,73)/b18-17-/t31?,32?,33?,34?,40?,41?,42-,43-,46?,47?/m0/s1. The first-order valence-electron chi connectivity index (χ1n) is 26.8. The first-order chi connectivity index (χ1) is 38.2. The number of likely N-dealkylation sites (N-methyl/N-ethyl adjacent to an activating group) is 4. The largest absolute Gasteiger partial charge is 0.505 e. The second-order valence-electron chi connectivity index (χ2n) is 21.4. The lowest BCUT2D eigenvalue weighted by Crippen LogP contribution is -2.60. The second-order valence-corrected chi connectivity index (χ2v) is 21.4. The molecule has 2 bridgehead atoms. The van der Waals surface area contributed by atoms with Crippen LogP contribution in [0.3, 0.4) is 0 Å². The number of esters is 2. The van der Waals surface area contributed by atoms with E-state index >= 15 is 9.59 Å². The molecule has 24 heteroatoms. The number of amides is 8. The van der Waals surface area contributed by atoms with Crippen LogP contribution in [0.15, 0.2) is 72.9 Å². The van der Waals surface area contributed by atoms with Crippen LogP contribution < -0.4 is 21.3 Å². The lowest BCUT2D eigenvalue weighted by molar-refractivity contribution is -0.161. The normalized spacial score (nSPS) is 25.0. The molecule has 6 rings (SSSR count). The summed E-state index contributed by atoms with van der Waals surface area (Å²) < 4.78 is 11.7. The molecule has 434 valence electrons. The third-order valence-corrected chi connectivity index (χ3v) is 15.3. The summed E-state index contributed by atoms with van der Waals surface area (Å²) in [6.45, 7) is 11.7. The molecule has 4 aromatic rings. The average molecular weight is 1120 g/mol. The highest BCUT2D eigenvalue weighted by Crippen LogP contribution is 2.27. The van der Waals surface area contributed by atoms with Gasteiger partial charge in [-0.2, -0.15) is 0 Å². The number of nitrogens with zero attached hydrogens (tertiary/aromatic N) is 7. The lowest BCUT2D eigenvalue weighted by atomic mass is 9.88. The minimum atomic E-state index is -1.76. The van der Waals surface area contributed by atoms with Crippen molar-refractivity contribution in [1.82, 2.24) is 55.8 Å². The fourth-order valence-corrected chi connectivity index (χ4v) is 9.56. The van der Waals surface area contributed by atoms with Crippen molar-refractivity contribution in [2.45, 2.75) is 117 Å². The van der Waals surface area contributed by atoms with Crippen molar-refractivity contribution in [1.29, 1.82) is 0 Å². The van der Waals surface area contributed by atoms with Gasteiger partial charge in [-0.3, -0.25) is 43.3 Å². The van der Waals surface area contributed by atoms with E-state index in [0.29, 0.717) is 21.9 Å². The maximum Gasteiger partial charge on any atom is 0.329 e. The molecule has 0 saturated carbocycles. The van der Waals surface area contributed by atoms with E-state index in [2.05, 4.69) is 36.2 Å². The highest BCUT2D eigenvalue weighted by molar-refractivity contribution is 6.02. The fraction of sp³-hybridized carbons (Fsp3) is 0.491. The zero-order valence-corrected chi connectivity index (χ0v) is 47.7. The Morgan fingerprint density at radius 1 is 0.593 bits per heavy atom. The van der Waals surface area contributed by atoms with Gasteiger partial charge in [0, 0.05) is 33.6 Å². The maximum atomic E-state index is 15.1. The topological polar surface area (TPSA) is 309 Å². The Kier molecular flexibility index (Phi) is 20.2. The molecule has 0 saturated heterocycles. The van der Waals surface area contributed by atoms with E-state index in [1.807, 2.05) is 27.7 Å². The van der Waals surface area contributed by atoms with Gasteiger partial charge in [-0.1, -0.05) is 84.0 Å². The Balaban J connectivity index is 1.45. The molecule has 24 nitrogen and oxygen atoms in total. The highest BCUT2D eigenvalue weighted by Gasteiger charge is 2.43. The monoisotopic (exact) mass is 1120 g/mol. The molecular formula is C57H73N11O13. The Morgan fingerprint density at radius 3 is 1.49 bits per heavy atom. The van der Waals surface area contributed by atoms with Crippen LogP contribution in [-0.4, -0.2) is 189 Å². The van der Waals surface area contributed by atoms with Crippen LogP contribution in [0, 0.1) is 23.7 Å². The molecule has 0 aliphatic carbocycles. The summed E-state index contributed by atoms with van der Waals surface area (Å²) >= 11 is 0. The molecule has 0 radical (unpaired) electrons. The van der Waals surface area contributed by atoms with Gasteiger partial charge in [0.25, 0.3) is 11.8 Å². The summed E-state index contributed by atoms with van der Waals surface area (Å²) in [4.78, 5) is 162. The van der Waals surface area contributed by atoms with Crippen LogP contribution >= 0.6 is 0 Å². The molecule has 2 aromatic carbocycles. The van der Waals surface area contributed by atoms with Crippen LogP contribution in [0.2, 0.25) is 0 Å². The lowest BCUT2D eigenvalue weighted by Gasteiger charge is -2.38. The Labute approximate surface area is 469 Å². The van der Waals surface area contributed by atoms with Crippen molar-refractivity contribution in [2.24, 2.45) is 23.7 Å². The van der Waals surface area contributed by atoms with Crippen molar-refractivity contribution in [3.05, 3.63) is 84.3 Å². The summed E-state index contributed by atoms with van der Waals surface area (Å²) in [6, 6.07) is 2.88. The van der Waals surface area contributed by atoms with Crippen molar-refractivity contribution in [2.75, 3.05) is 41.4 Å². The first-order valence-corrected chi connectivity index (χ1v) is 26.8. The molecule has 8 amide bonds. The number of aromatic hydroxyl groups is 1. The molecular weight excluding hydrogens is 1050 g/mol. The van der Waals surface area contributed by atoms with Gasteiger partial charge in [-0.25, -0.2) is 19.6 Å². The molecule has 0 spiro atoms. The van der Waals surface area contributed by atoms with Crippen molar-refractivity contribution < 1.29 is 62.5 Å². The van der Waals surface area contributed by atoms with Crippen molar-refractivity contribution >= 4 is 81.1 Å². The number of cyclic esters (lactones) is 2. The number of hydrogen-bond acceptors (Lipinski definition) is 16. The van der Waals surface area contributed by atoms with Crippen molar-refractivity contribution in [3.63, 3.8) is 0 Å². The predicted molar refractivity (Wildman–Crippen MR) is 295 cm³/mol. The van der Waals surface area contributed by atoms with Crippen LogP contribution in [0.4, 0.5) is 0 Å². The van der Waals surface area contributed by atoms with Gasteiger partial charge in [-0.05, 0) is 74.6 Å². The fourth-order valence-electron chi connectivity index (χ4n) is 9.56. The summed E-state index contributed by atoms with van der Waals surface area (Å²) in [5.41, 5.74) is 0.544. The number of pyridine rings is 1. The molecule has 5 N–H and O–H groups in total. The van der Waals surface area contributed by atoms with Gasteiger partial charge in [0.05, 0.1) is 22.7 Å². The quantitative estimate of drug-likeness (QED) is 0.125. The summed E-state index contributed by atoms with van der Waals surface area (Å²) in [6.07, 6.45) is 3.78. The number of rotatable bonds is 8. The van der Waals surface area contributed by atoms with E-state index < -0.39 is 144 Å². The molecule has 2 aliphatic heterocycles. The molecule has 8 unspecified atom stereocenters. The van der Waals surface area contributed by atoms with E-state index in [4.69, 9.17) is 9.47 Å². The number of para-hydroxylation sites is 3. The minimum absolute atomic E-state index is 0.188. The predicted octanol–water partition coefficient (Wildman–Crippen LogP) is 2.13. The Bertz CT molecular complexity index is 3100. The smallest absolute Gasteiger partial charge is 0.329 e. The summed E-state index contributed by atoms with van der Waals surface area (Å²) in [7, 11) is 5.33.